The molecule has 1 aliphatic heterocycles. The Morgan fingerprint density at radius 3 is 2.88 bits per heavy atom. The third-order valence-electron chi connectivity index (χ3n) is 3.17. The highest BCUT2D eigenvalue weighted by atomic mass is 16.5. The van der Waals surface area contributed by atoms with Gasteiger partial charge in [0.25, 0.3) is 0 Å². The predicted molar refractivity (Wildman–Crippen MR) is 65.5 cm³/mol. The van der Waals surface area contributed by atoms with Crippen LogP contribution in [0.25, 0.3) is 0 Å². The van der Waals surface area contributed by atoms with Crippen LogP contribution >= 0.6 is 0 Å². The molecule has 3 nitrogen and oxygen atoms in total. The number of morpholine rings is 1. The van der Waals surface area contributed by atoms with E-state index in [2.05, 4.69) is 37.4 Å². The van der Waals surface area contributed by atoms with Gasteiger partial charge in [0.2, 0.25) is 0 Å². The minimum atomic E-state index is 0.0147. The smallest absolute Gasteiger partial charge is 0.0638 e. The largest absolute Gasteiger partial charge is 0.378 e. The molecule has 2 unspecified atom stereocenters. The molecule has 88 valence electrons. The molecule has 1 fully saturated rings. The van der Waals surface area contributed by atoms with E-state index in [0.717, 1.165) is 13.2 Å². The number of nitrogens with one attached hydrogen (secondary N) is 1. The minimum absolute atomic E-state index is 0.0147. The number of ether oxygens (including phenoxy) is 1. The second-order valence-corrected chi connectivity index (χ2v) is 4.52. The summed E-state index contributed by atoms with van der Waals surface area (Å²) in [6, 6.07) is 6.67. The molecular formula is C13H20N2O. The van der Waals surface area contributed by atoms with Gasteiger partial charge < -0.3 is 15.8 Å². The van der Waals surface area contributed by atoms with Gasteiger partial charge in [-0.3, -0.25) is 0 Å². The summed E-state index contributed by atoms with van der Waals surface area (Å²) in [6.07, 6.45) is 0. The molecule has 2 atom stereocenters. The second kappa shape index (κ2) is 4.95. The lowest BCUT2D eigenvalue weighted by atomic mass is 9.94. The molecule has 0 aliphatic carbocycles. The molecule has 3 N–H and O–H groups in total. The summed E-state index contributed by atoms with van der Waals surface area (Å²) in [6.45, 7) is 6.60. The van der Waals surface area contributed by atoms with Crippen molar-refractivity contribution in [3.63, 3.8) is 0 Å². The van der Waals surface area contributed by atoms with Gasteiger partial charge in [0.15, 0.2) is 0 Å². The van der Waals surface area contributed by atoms with Crippen LogP contribution in [0.1, 0.15) is 22.7 Å². The van der Waals surface area contributed by atoms with Gasteiger partial charge in [-0.2, -0.15) is 0 Å². The normalized spacial score (nSPS) is 23.1. The van der Waals surface area contributed by atoms with Crippen molar-refractivity contribution in [2.24, 2.45) is 5.73 Å². The van der Waals surface area contributed by atoms with Crippen molar-refractivity contribution in [3.8, 4) is 0 Å². The average Bonchev–Trinajstić information content (AvgIpc) is 2.29. The van der Waals surface area contributed by atoms with Crippen molar-refractivity contribution in [1.82, 2.24) is 5.32 Å². The highest BCUT2D eigenvalue weighted by molar-refractivity contribution is 5.33. The molecule has 0 radical (unpaired) electrons. The second-order valence-electron chi connectivity index (χ2n) is 4.52. The van der Waals surface area contributed by atoms with Crippen LogP contribution in [0.3, 0.4) is 0 Å². The fourth-order valence-corrected chi connectivity index (χ4v) is 2.23. The first-order valence-electron chi connectivity index (χ1n) is 5.82. The number of hydrogen-bond donors (Lipinski definition) is 2. The third kappa shape index (κ3) is 2.43. The molecule has 1 aromatic carbocycles. The van der Waals surface area contributed by atoms with Crippen molar-refractivity contribution in [2.75, 3.05) is 19.8 Å². The Morgan fingerprint density at radius 2 is 2.25 bits per heavy atom. The van der Waals surface area contributed by atoms with E-state index in [4.69, 9.17) is 10.5 Å². The molecule has 0 aromatic heterocycles. The van der Waals surface area contributed by atoms with Gasteiger partial charge in [-0.15, -0.1) is 0 Å². The Morgan fingerprint density at radius 1 is 1.44 bits per heavy atom. The third-order valence-corrected chi connectivity index (χ3v) is 3.17. The molecule has 3 heteroatoms. The molecule has 1 aromatic rings. The number of benzene rings is 1. The van der Waals surface area contributed by atoms with Crippen molar-refractivity contribution in [3.05, 3.63) is 34.9 Å². The van der Waals surface area contributed by atoms with Crippen LogP contribution in [0, 0.1) is 13.8 Å². The molecule has 0 bridgehead atoms. The van der Waals surface area contributed by atoms with Gasteiger partial charge in [0, 0.05) is 18.6 Å². The lowest BCUT2D eigenvalue weighted by Gasteiger charge is -2.30. The van der Waals surface area contributed by atoms with E-state index in [1.54, 1.807) is 0 Å². The Balaban J connectivity index is 2.15. The van der Waals surface area contributed by atoms with Crippen molar-refractivity contribution in [1.29, 1.82) is 0 Å². The first-order valence-corrected chi connectivity index (χ1v) is 5.82. The zero-order valence-corrected chi connectivity index (χ0v) is 9.99. The molecule has 1 saturated heterocycles. The SMILES string of the molecule is Cc1ccc(C(N)C2COCCN2)c(C)c1. The Kier molecular flexibility index (Phi) is 3.59. The highest BCUT2D eigenvalue weighted by Gasteiger charge is 2.22. The Labute approximate surface area is 97.0 Å². The first kappa shape index (κ1) is 11.6. The van der Waals surface area contributed by atoms with E-state index < -0.39 is 0 Å². The van der Waals surface area contributed by atoms with Gasteiger partial charge in [-0.1, -0.05) is 23.8 Å². The molecule has 1 heterocycles. The quantitative estimate of drug-likeness (QED) is 0.789. The fraction of sp³-hybridized carbons (Fsp3) is 0.538. The van der Waals surface area contributed by atoms with Gasteiger partial charge in [0.1, 0.15) is 0 Å². The van der Waals surface area contributed by atoms with E-state index in [1.807, 2.05) is 0 Å². The summed E-state index contributed by atoms with van der Waals surface area (Å²) in [5.74, 6) is 0. The fourth-order valence-electron chi connectivity index (χ4n) is 2.23. The van der Waals surface area contributed by atoms with Crippen LogP contribution in [0.4, 0.5) is 0 Å². The van der Waals surface area contributed by atoms with Gasteiger partial charge in [-0.25, -0.2) is 0 Å². The molecule has 1 aliphatic rings. The van der Waals surface area contributed by atoms with Crippen LogP contribution in [0.15, 0.2) is 18.2 Å². The monoisotopic (exact) mass is 220 g/mol. The standard InChI is InChI=1S/C13H20N2O/c1-9-3-4-11(10(2)7-9)13(14)12-8-16-6-5-15-12/h3-4,7,12-13,15H,5-6,8,14H2,1-2H3. The maximum atomic E-state index is 6.28. The Bertz CT molecular complexity index is 359. The predicted octanol–water partition coefficient (Wildman–Crippen LogP) is 1.29. The van der Waals surface area contributed by atoms with Crippen LogP contribution in [-0.2, 0) is 4.74 Å². The molecule has 0 spiro atoms. The molecule has 2 rings (SSSR count). The van der Waals surface area contributed by atoms with E-state index in [9.17, 15) is 0 Å². The maximum Gasteiger partial charge on any atom is 0.0638 e. The highest BCUT2D eigenvalue weighted by Crippen LogP contribution is 2.20. The van der Waals surface area contributed by atoms with Gasteiger partial charge >= 0.3 is 0 Å². The summed E-state index contributed by atoms with van der Waals surface area (Å²) in [5, 5.41) is 3.41. The maximum absolute atomic E-state index is 6.28. The summed E-state index contributed by atoms with van der Waals surface area (Å²) < 4.78 is 5.45. The lowest BCUT2D eigenvalue weighted by Crippen LogP contribution is -2.47. The molecule has 16 heavy (non-hydrogen) atoms. The van der Waals surface area contributed by atoms with E-state index >= 15 is 0 Å². The summed E-state index contributed by atoms with van der Waals surface area (Å²) >= 11 is 0. The number of nitrogens with two attached hydrogens (primary N) is 1. The number of hydrogen-bond acceptors (Lipinski definition) is 3. The van der Waals surface area contributed by atoms with Gasteiger partial charge in [0.05, 0.1) is 13.2 Å². The first-order chi connectivity index (χ1) is 7.68. The van der Waals surface area contributed by atoms with Crippen LogP contribution in [0.5, 0.6) is 0 Å². The lowest BCUT2D eigenvalue weighted by molar-refractivity contribution is 0.0684. The summed E-state index contributed by atoms with van der Waals surface area (Å²) in [7, 11) is 0. The Hall–Kier alpha value is -0.900. The van der Waals surface area contributed by atoms with E-state index in [-0.39, 0.29) is 12.1 Å². The number of rotatable bonds is 2. The zero-order valence-electron chi connectivity index (χ0n) is 9.99. The summed E-state index contributed by atoms with van der Waals surface area (Å²) in [5.41, 5.74) is 10.0. The van der Waals surface area contributed by atoms with Crippen molar-refractivity contribution >= 4 is 0 Å². The van der Waals surface area contributed by atoms with Crippen molar-refractivity contribution < 1.29 is 4.74 Å². The van der Waals surface area contributed by atoms with E-state index in [0.29, 0.717) is 6.61 Å². The van der Waals surface area contributed by atoms with Crippen LogP contribution in [-0.4, -0.2) is 25.8 Å². The van der Waals surface area contributed by atoms with E-state index in [1.165, 1.54) is 16.7 Å². The zero-order chi connectivity index (χ0) is 11.5. The van der Waals surface area contributed by atoms with Gasteiger partial charge in [-0.05, 0) is 25.0 Å². The molecule has 0 saturated carbocycles. The van der Waals surface area contributed by atoms with Crippen LogP contribution < -0.4 is 11.1 Å². The topological polar surface area (TPSA) is 47.3 Å². The van der Waals surface area contributed by atoms with Crippen LogP contribution in [0.2, 0.25) is 0 Å². The minimum Gasteiger partial charge on any atom is -0.378 e. The number of aryl methyl sites for hydroxylation is 2. The molecule has 0 amide bonds. The average molecular weight is 220 g/mol. The summed E-state index contributed by atoms with van der Waals surface area (Å²) in [4.78, 5) is 0. The molecular weight excluding hydrogens is 200 g/mol. The van der Waals surface area contributed by atoms with Crippen molar-refractivity contribution in [2.45, 2.75) is 25.9 Å².